The Labute approximate surface area is 207 Å². The van der Waals surface area contributed by atoms with Crippen molar-refractivity contribution < 1.29 is 37.0 Å². The number of carbonyl (C=O) groups excluding carboxylic acids is 2. The van der Waals surface area contributed by atoms with E-state index in [4.69, 9.17) is 9.47 Å². The second-order valence-electron chi connectivity index (χ2n) is 8.82. The first-order chi connectivity index (χ1) is 16.8. The Morgan fingerprint density at radius 3 is 1.69 bits per heavy atom. The molecular formula is C27H41F3O5. The third-order valence-electron chi connectivity index (χ3n) is 5.58. The molecule has 200 valence electrons. The molecule has 0 heterocycles. The molecule has 0 unspecified atom stereocenters. The van der Waals surface area contributed by atoms with Crippen molar-refractivity contribution in [1.29, 1.82) is 0 Å². The number of ether oxygens (including phenoxy) is 3. The summed E-state index contributed by atoms with van der Waals surface area (Å²) in [6, 6.07) is 5.09. The van der Waals surface area contributed by atoms with Crippen LogP contribution in [0.3, 0.4) is 0 Å². The van der Waals surface area contributed by atoms with Crippen molar-refractivity contribution in [3.8, 4) is 5.75 Å². The molecule has 0 aromatic heterocycles. The summed E-state index contributed by atoms with van der Waals surface area (Å²) < 4.78 is 50.5. The van der Waals surface area contributed by atoms with Crippen LogP contribution >= 0.6 is 0 Å². The summed E-state index contributed by atoms with van der Waals surface area (Å²) >= 11 is 0. The molecule has 0 saturated heterocycles. The van der Waals surface area contributed by atoms with Gasteiger partial charge in [-0.15, -0.1) is 13.2 Å². The molecule has 1 rings (SSSR count). The van der Waals surface area contributed by atoms with Crippen LogP contribution in [0.5, 0.6) is 5.75 Å². The van der Waals surface area contributed by atoms with Gasteiger partial charge in [-0.3, -0.25) is 9.59 Å². The molecule has 8 heteroatoms. The Kier molecular flexibility index (Phi) is 16.7. The quantitative estimate of drug-likeness (QED) is 0.133. The van der Waals surface area contributed by atoms with Crippen LogP contribution < -0.4 is 4.74 Å². The van der Waals surface area contributed by atoms with Crippen LogP contribution in [-0.2, 0) is 25.7 Å². The minimum atomic E-state index is -4.75. The number of carbonyl (C=O) groups is 2. The summed E-state index contributed by atoms with van der Waals surface area (Å²) in [5.41, 5.74) is 0.537. The Morgan fingerprint density at radius 1 is 0.686 bits per heavy atom. The maximum Gasteiger partial charge on any atom is 0.573 e. The summed E-state index contributed by atoms with van der Waals surface area (Å²) in [7, 11) is 0. The molecule has 0 spiro atoms. The first-order valence-electron chi connectivity index (χ1n) is 13.0. The molecular weight excluding hydrogens is 461 g/mol. The van der Waals surface area contributed by atoms with E-state index in [1.807, 2.05) is 0 Å². The van der Waals surface area contributed by atoms with Crippen molar-refractivity contribution >= 4 is 11.9 Å². The van der Waals surface area contributed by atoms with Crippen molar-refractivity contribution in [3.05, 3.63) is 29.8 Å². The number of esters is 2. The van der Waals surface area contributed by atoms with E-state index in [1.165, 1.54) is 69.9 Å². The topological polar surface area (TPSA) is 61.8 Å². The minimum Gasteiger partial charge on any atom is -0.466 e. The van der Waals surface area contributed by atoms with E-state index in [-0.39, 0.29) is 31.2 Å². The molecule has 0 atom stereocenters. The second-order valence-corrected chi connectivity index (χ2v) is 8.82. The predicted octanol–water partition coefficient (Wildman–Crippen LogP) is 8.04. The summed E-state index contributed by atoms with van der Waals surface area (Å²) in [5, 5.41) is 0. The zero-order valence-corrected chi connectivity index (χ0v) is 21.0. The van der Waals surface area contributed by atoms with Crippen LogP contribution in [0, 0.1) is 0 Å². The summed E-state index contributed by atoms with van der Waals surface area (Å²) in [6.07, 6.45) is 10.8. The predicted molar refractivity (Wildman–Crippen MR) is 129 cm³/mol. The van der Waals surface area contributed by atoms with Crippen LogP contribution in [-0.4, -0.2) is 24.9 Å². The van der Waals surface area contributed by atoms with Crippen LogP contribution in [0.25, 0.3) is 0 Å². The lowest BCUT2D eigenvalue weighted by Gasteiger charge is -2.09. The fraction of sp³-hybridized carbons (Fsp3) is 0.704. The highest BCUT2D eigenvalue weighted by Crippen LogP contribution is 2.23. The molecule has 0 fully saturated rings. The molecule has 1 aromatic rings. The highest BCUT2D eigenvalue weighted by atomic mass is 19.4. The molecule has 0 saturated carbocycles. The second kappa shape index (κ2) is 19.0. The largest absolute Gasteiger partial charge is 0.573 e. The molecule has 0 radical (unpaired) electrons. The van der Waals surface area contributed by atoms with Crippen LogP contribution in [0.1, 0.15) is 109 Å². The average Bonchev–Trinajstić information content (AvgIpc) is 2.80. The lowest BCUT2D eigenvalue weighted by atomic mass is 10.1. The number of benzene rings is 1. The van der Waals surface area contributed by atoms with E-state index in [0.29, 0.717) is 18.6 Å². The summed E-state index contributed by atoms with van der Waals surface area (Å²) in [6.45, 7) is 2.59. The van der Waals surface area contributed by atoms with Gasteiger partial charge in [-0.05, 0) is 30.5 Å². The fourth-order valence-electron chi connectivity index (χ4n) is 3.60. The fourth-order valence-corrected chi connectivity index (χ4v) is 3.60. The zero-order chi connectivity index (χ0) is 25.8. The van der Waals surface area contributed by atoms with E-state index >= 15 is 0 Å². The van der Waals surface area contributed by atoms with Crippen molar-refractivity contribution in [3.63, 3.8) is 0 Å². The number of halogens is 3. The minimum absolute atomic E-state index is 0.0610. The number of hydrogen-bond donors (Lipinski definition) is 0. The van der Waals surface area contributed by atoms with Crippen molar-refractivity contribution in [2.75, 3.05) is 6.61 Å². The van der Waals surface area contributed by atoms with Gasteiger partial charge in [0.2, 0.25) is 0 Å². The normalized spacial score (nSPS) is 11.3. The monoisotopic (exact) mass is 502 g/mol. The van der Waals surface area contributed by atoms with Gasteiger partial charge < -0.3 is 14.2 Å². The lowest BCUT2D eigenvalue weighted by molar-refractivity contribution is -0.274. The zero-order valence-electron chi connectivity index (χ0n) is 21.0. The molecule has 1 aromatic carbocycles. The first-order valence-corrected chi connectivity index (χ1v) is 13.0. The van der Waals surface area contributed by atoms with Crippen LogP contribution in [0.2, 0.25) is 0 Å². The highest BCUT2D eigenvalue weighted by molar-refractivity contribution is 5.72. The van der Waals surface area contributed by atoms with Gasteiger partial charge in [0.05, 0.1) is 6.61 Å². The average molecular weight is 503 g/mol. The van der Waals surface area contributed by atoms with Gasteiger partial charge in [0.15, 0.2) is 0 Å². The van der Waals surface area contributed by atoms with Gasteiger partial charge in [0, 0.05) is 12.8 Å². The molecule has 0 N–H and O–H groups in total. The first kappa shape index (κ1) is 30.8. The third kappa shape index (κ3) is 18.7. The summed E-state index contributed by atoms with van der Waals surface area (Å²) in [5.74, 6) is -1.13. The van der Waals surface area contributed by atoms with E-state index < -0.39 is 12.3 Å². The Bertz CT molecular complexity index is 689. The number of hydrogen-bond acceptors (Lipinski definition) is 5. The molecule has 0 amide bonds. The molecule has 0 aliphatic rings. The SMILES string of the molecule is CCCCCCCCCCCCCCOC(=O)CCCC(=O)OCc1ccc(OC(F)(F)F)cc1. The molecule has 5 nitrogen and oxygen atoms in total. The number of unbranched alkanes of at least 4 members (excludes halogenated alkanes) is 11. The smallest absolute Gasteiger partial charge is 0.466 e. The number of rotatable bonds is 20. The molecule has 0 aliphatic carbocycles. The standard InChI is InChI=1S/C27H41F3O5/c1-2-3-4-5-6-7-8-9-10-11-12-13-21-33-25(31)15-14-16-26(32)34-22-23-17-19-24(20-18-23)35-27(28,29)30/h17-20H,2-16,21-22H2,1H3. The Hall–Kier alpha value is -2.25. The Balaban J connectivity index is 1.95. The van der Waals surface area contributed by atoms with E-state index in [1.54, 1.807) is 0 Å². The van der Waals surface area contributed by atoms with Gasteiger partial charge in [-0.1, -0.05) is 89.7 Å². The molecule has 0 aliphatic heterocycles. The van der Waals surface area contributed by atoms with Gasteiger partial charge >= 0.3 is 18.3 Å². The number of alkyl halides is 3. The van der Waals surface area contributed by atoms with E-state index in [9.17, 15) is 22.8 Å². The lowest BCUT2D eigenvalue weighted by Crippen LogP contribution is -2.17. The third-order valence-corrected chi connectivity index (χ3v) is 5.58. The van der Waals surface area contributed by atoms with Gasteiger partial charge in [-0.2, -0.15) is 0 Å². The molecule has 35 heavy (non-hydrogen) atoms. The van der Waals surface area contributed by atoms with Gasteiger partial charge in [-0.25, -0.2) is 0 Å². The molecule has 0 bridgehead atoms. The highest BCUT2D eigenvalue weighted by Gasteiger charge is 2.30. The van der Waals surface area contributed by atoms with E-state index in [2.05, 4.69) is 11.7 Å². The van der Waals surface area contributed by atoms with Gasteiger partial charge in [0.1, 0.15) is 12.4 Å². The van der Waals surface area contributed by atoms with Crippen molar-refractivity contribution in [1.82, 2.24) is 0 Å². The van der Waals surface area contributed by atoms with Crippen LogP contribution in [0.15, 0.2) is 24.3 Å². The van der Waals surface area contributed by atoms with E-state index in [0.717, 1.165) is 31.4 Å². The van der Waals surface area contributed by atoms with Gasteiger partial charge in [0.25, 0.3) is 0 Å². The summed E-state index contributed by atoms with van der Waals surface area (Å²) in [4.78, 5) is 23.6. The van der Waals surface area contributed by atoms with Crippen LogP contribution in [0.4, 0.5) is 13.2 Å². The van der Waals surface area contributed by atoms with Crippen molar-refractivity contribution in [2.24, 2.45) is 0 Å². The van der Waals surface area contributed by atoms with Crippen molar-refractivity contribution in [2.45, 2.75) is 116 Å². The Morgan fingerprint density at radius 2 is 1.17 bits per heavy atom. The maximum atomic E-state index is 12.1. The maximum absolute atomic E-state index is 12.1.